The summed E-state index contributed by atoms with van der Waals surface area (Å²) in [6, 6.07) is 8.29. The molecule has 0 radical (unpaired) electrons. The molecule has 1 saturated carbocycles. The molecular weight excluding hydrogens is 423 g/mol. The number of amides is 2. The van der Waals surface area contributed by atoms with Crippen molar-refractivity contribution in [2.24, 2.45) is 5.92 Å². The number of rotatable bonds is 8. The van der Waals surface area contributed by atoms with Gasteiger partial charge in [-0.05, 0) is 59.9 Å². The molecule has 2 aliphatic rings. The van der Waals surface area contributed by atoms with Crippen LogP contribution in [-0.4, -0.2) is 41.2 Å². The summed E-state index contributed by atoms with van der Waals surface area (Å²) in [4.78, 5) is 31.4. The molecule has 4 rings (SSSR count). The topological polar surface area (TPSA) is 40.6 Å². The van der Waals surface area contributed by atoms with Crippen molar-refractivity contribution in [3.8, 4) is 0 Å². The van der Waals surface area contributed by atoms with Gasteiger partial charge in [0.25, 0.3) is 0 Å². The Kier molecular flexibility index (Phi) is 7.61. The van der Waals surface area contributed by atoms with Gasteiger partial charge in [-0.25, -0.2) is 4.39 Å². The van der Waals surface area contributed by atoms with Crippen LogP contribution in [0.15, 0.2) is 35.7 Å². The molecule has 4 nitrogen and oxygen atoms in total. The first-order valence-electron chi connectivity index (χ1n) is 12.0. The summed E-state index contributed by atoms with van der Waals surface area (Å²) in [7, 11) is 0. The Morgan fingerprint density at radius 2 is 1.91 bits per heavy atom. The normalized spacial score (nSPS) is 18.6. The van der Waals surface area contributed by atoms with Crippen LogP contribution in [0.5, 0.6) is 0 Å². The fourth-order valence-electron chi connectivity index (χ4n) is 5.19. The quantitative estimate of drug-likeness (QED) is 0.521. The van der Waals surface area contributed by atoms with Crippen LogP contribution in [0.4, 0.5) is 4.39 Å². The fraction of sp³-hybridized carbons (Fsp3) is 0.538. The van der Waals surface area contributed by atoms with E-state index >= 15 is 0 Å². The molecule has 2 amide bonds. The van der Waals surface area contributed by atoms with Gasteiger partial charge in [-0.3, -0.25) is 9.59 Å². The minimum absolute atomic E-state index is 0.0289. The number of benzene rings is 1. The Hall–Kier alpha value is -2.21. The molecule has 1 unspecified atom stereocenters. The van der Waals surface area contributed by atoms with E-state index in [1.54, 1.807) is 28.4 Å². The molecular formula is C26H33FN2O2S. The van der Waals surface area contributed by atoms with Gasteiger partial charge in [-0.1, -0.05) is 44.7 Å². The predicted octanol–water partition coefficient (Wildman–Crippen LogP) is 5.57. The molecule has 1 atom stereocenters. The van der Waals surface area contributed by atoms with Crippen LogP contribution in [-0.2, 0) is 16.0 Å². The SMILES string of the molecule is CCCN(CC(=O)N1CCc2sccc2C1c1ccc(F)cc1)C(=O)CCC1CCCC1. The molecule has 6 heteroatoms. The second-order valence-electron chi connectivity index (χ2n) is 9.09. The van der Waals surface area contributed by atoms with Crippen molar-refractivity contribution >= 4 is 23.2 Å². The number of carbonyl (C=O) groups excluding carboxylic acids is 2. The van der Waals surface area contributed by atoms with Crippen molar-refractivity contribution in [3.05, 3.63) is 57.5 Å². The van der Waals surface area contributed by atoms with Crippen LogP contribution < -0.4 is 0 Å². The molecule has 0 N–H and O–H groups in total. The summed E-state index contributed by atoms with van der Waals surface area (Å²) < 4.78 is 13.6. The monoisotopic (exact) mass is 456 g/mol. The van der Waals surface area contributed by atoms with E-state index in [0.717, 1.165) is 30.4 Å². The van der Waals surface area contributed by atoms with Gasteiger partial charge < -0.3 is 9.80 Å². The van der Waals surface area contributed by atoms with Gasteiger partial charge in [0.1, 0.15) is 5.82 Å². The maximum Gasteiger partial charge on any atom is 0.242 e. The average molecular weight is 457 g/mol. The molecule has 2 heterocycles. The lowest BCUT2D eigenvalue weighted by atomic mass is 9.93. The first kappa shape index (κ1) is 23.0. The van der Waals surface area contributed by atoms with Crippen LogP contribution in [0.2, 0.25) is 0 Å². The minimum Gasteiger partial charge on any atom is -0.333 e. The molecule has 0 bridgehead atoms. The van der Waals surface area contributed by atoms with Crippen LogP contribution in [0, 0.1) is 11.7 Å². The summed E-state index contributed by atoms with van der Waals surface area (Å²) >= 11 is 1.71. The molecule has 0 spiro atoms. The predicted molar refractivity (Wildman–Crippen MR) is 126 cm³/mol. The standard InChI is InChI=1S/C26H33FN2O2S/c1-2-15-28(24(30)12-7-19-5-3-4-6-19)18-25(31)29-16-13-23-22(14-17-32-23)26(29)20-8-10-21(27)11-9-20/h8-11,14,17,19,26H,2-7,12-13,15-16,18H2,1H3. The maximum atomic E-state index is 13.6. The number of thiophene rings is 1. The van der Waals surface area contributed by atoms with Crippen molar-refractivity contribution in [1.29, 1.82) is 0 Å². The number of nitrogens with zero attached hydrogens (tertiary/aromatic N) is 2. The zero-order valence-corrected chi connectivity index (χ0v) is 19.7. The lowest BCUT2D eigenvalue weighted by Gasteiger charge is -2.37. The van der Waals surface area contributed by atoms with Crippen molar-refractivity contribution in [3.63, 3.8) is 0 Å². The van der Waals surface area contributed by atoms with Crippen LogP contribution >= 0.6 is 11.3 Å². The number of carbonyl (C=O) groups is 2. The van der Waals surface area contributed by atoms with Gasteiger partial charge in [0.2, 0.25) is 11.8 Å². The highest BCUT2D eigenvalue weighted by molar-refractivity contribution is 7.10. The Bertz CT molecular complexity index is 920. The van der Waals surface area contributed by atoms with Gasteiger partial charge in [-0.2, -0.15) is 0 Å². The highest BCUT2D eigenvalue weighted by Gasteiger charge is 2.34. The van der Waals surface area contributed by atoms with Crippen LogP contribution in [0.3, 0.4) is 0 Å². The molecule has 1 aliphatic heterocycles. The molecule has 1 aromatic carbocycles. The first-order chi connectivity index (χ1) is 15.6. The van der Waals surface area contributed by atoms with E-state index in [1.807, 2.05) is 11.8 Å². The molecule has 2 aromatic rings. The maximum absolute atomic E-state index is 13.6. The Morgan fingerprint density at radius 3 is 2.62 bits per heavy atom. The molecule has 1 aromatic heterocycles. The average Bonchev–Trinajstić information content (AvgIpc) is 3.49. The summed E-state index contributed by atoms with van der Waals surface area (Å²) in [5, 5.41) is 2.06. The minimum atomic E-state index is -0.282. The van der Waals surface area contributed by atoms with E-state index in [0.29, 0.717) is 25.4 Å². The third-order valence-electron chi connectivity index (χ3n) is 6.89. The van der Waals surface area contributed by atoms with Gasteiger partial charge >= 0.3 is 0 Å². The molecule has 32 heavy (non-hydrogen) atoms. The highest BCUT2D eigenvalue weighted by Crippen LogP contribution is 2.38. The molecule has 1 fully saturated rings. The number of fused-ring (bicyclic) bond motifs is 1. The van der Waals surface area contributed by atoms with E-state index in [4.69, 9.17) is 0 Å². The van der Waals surface area contributed by atoms with Gasteiger partial charge in [0.15, 0.2) is 0 Å². The van der Waals surface area contributed by atoms with Gasteiger partial charge in [0, 0.05) is 24.4 Å². The summed E-state index contributed by atoms with van der Waals surface area (Å²) in [5.41, 5.74) is 2.03. The number of hydrogen-bond donors (Lipinski definition) is 0. The van der Waals surface area contributed by atoms with Crippen molar-refractivity contribution in [2.45, 2.75) is 64.3 Å². The second-order valence-corrected chi connectivity index (χ2v) is 10.1. The van der Waals surface area contributed by atoms with E-state index in [9.17, 15) is 14.0 Å². The largest absolute Gasteiger partial charge is 0.333 e. The van der Waals surface area contributed by atoms with Crippen molar-refractivity contribution in [1.82, 2.24) is 9.80 Å². The Morgan fingerprint density at radius 1 is 1.16 bits per heavy atom. The zero-order valence-electron chi connectivity index (χ0n) is 18.9. The van der Waals surface area contributed by atoms with Crippen molar-refractivity contribution in [2.75, 3.05) is 19.6 Å². The molecule has 0 saturated heterocycles. The van der Waals surface area contributed by atoms with Crippen molar-refractivity contribution < 1.29 is 14.0 Å². The van der Waals surface area contributed by atoms with E-state index in [1.165, 1.54) is 42.7 Å². The van der Waals surface area contributed by atoms with E-state index in [2.05, 4.69) is 11.4 Å². The van der Waals surface area contributed by atoms with Crippen LogP contribution in [0.25, 0.3) is 0 Å². The fourth-order valence-corrected chi connectivity index (χ4v) is 6.09. The van der Waals surface area contributed by atoms with Gasteiger partial charge in [-0.15, -0.1) is 11.3 Å². The summed E-state index contributed by atoms with van der Waals surface area (Å²) in [5.74, 6) is 0.451. The highest BCUT2D eigenvalue weighted by atomic mass is 32.1. The number of hydrogen-bond acceptors (Lipinski definition) is 3. The van der Waals surface area contributed by atoms with E-state index in [-0.39, 0.29) is 30.2 Å². The third-order valence-corrected chi connectivity index (χ3v) is 7.88. The van der Waals surface area contributed by atoms with E-state index < -0.39 is 0 Å². The second kappa shape index (κ2) is 10.6. The lowest BCUT2D eigenvalue weighted by Crippen LogP contribution is -2.47. The summed E-state index contributed by atoms with van der Waals surface area (Å²) in [6.45, 7) is 3.38. The van der Waals surface area contributed by atoms with Gasteiger partial charge in [0.05, 0.1) is 12.6 Å². The Balaban J connectivity index is 1.49. The number of halogens is 1. The Labute approximate surface area is 194 Å². The third kappa shape index (κ3) is 5.22. The van der Waals surface area contributed by atoms with Crippen LogP contribution in [0.1, 0.15) is 73.9 Å². The lowest BCUT2D eigenvalue weighted by molar-refractivity contribution is -0.142. The first-order valence-corrected chi connectivity index (χ1v) is 12.8. The summed E-state index contributed by atoms with van der Waals surface area (Å²) in [6.07, 6.45) is 8.15. The zero-order chi connectivity index (χ0) is 22.5. The molecule has 172 valence electrons. The molecule has 1 aliphatic carbocycles. The smallest absolute Gasteiger partial charge is 0.242 e.